The van der Waals surface area contributed by atoms with Gasteiger partial charge in [-0.25, -0.2) is 0 Å². The van der Waals surface area contributed by atoms with Crippen molar-refractivity contribution in [1.82, 2.24) is 4.90 Å². The summed E-state index contributed by atoms with van der Waals surface area (Å²) in [5.74, 6) is -0.700. The molecule has 1 aliphatic carbocycles. The average Bonchev–Trinajstić information content (AvgIpc) is 3.27. The van der Waals surface area contributed by atoms with Crippen molar-refractivity contribution in [2.24, 2.45) is 11.3 Å². The largest absolute Gasteiger partial charge is 0.466 e. The van der Waals surface area contributed by atoms with Crippen LogP contribution in [0.25, 0.3) is 0 Å². The van der Waals surface area contributed by atoms with Gasteiger partial charge in [0.1, 0.15) is 0 Å². The second kappa shape index (κ2) is 10.7. The van der Waals surface area contributed by atoms with E-state index in [1.165, 1.54) is 4.90 Å². The highest BCUT2D eigenvalue weighted by Crippen LogP contribution is 2.57. The monoisotopic (exact) mass is 405 g/mol. The second-order valence-corrected chi connectivity index (χ2v) is 8.26. The maximum Gasteiger partial charge on any atom is 0.313 e. The molecule has 0 aromatic rings. The van der Waals surface area contributed by atoms with Gasteiger partial charge in [-0.3, -0.25) is 14.4 Å². The first kappa shape index (κ1) is 23.3. The van der Waals surface area contributed by atoms with E-state index in [1.54, 1.807) is 13.0 Å². The molecule has 1 saturated heterocycles. The van der Waals surface area contributed by atoms with Gasteiger partial charge in [-0.2, -0.15) is 0 Å². The molecule has 2 fully saturated rings. The lowest BCUT2D eigenvalue weighted by Crippen LogP contribution is -2.42. The Morgan fingerprint density at radius 3 is 2.55 bits per heavy atom. The van der Waals surface area contributed by atoms with E-state index in [0.29, 0.717) is 12.8 Å². The summed E-state index contributed by atoms with van der Waals surface area (Å²) in [4.78, 5) is 39.6. The van der Waals surface area contributed by atoms with Gasteiger partial charge in [-0.15, -0.1) is 13.2 Å². The van der Waals surface area contributed by atoms with Crippen LogP contribution in [0.5, 0.6) is 0 Å². The van der Waals surface area contributed by atoms with E-state index in [0.717, 1.165) is 32.1 Å². The lowest BCUT2D eigenvalue weighted by Gasteiger charge is -2.25. The first-order chi connectivity index (χ1) is 13.9. The van der Waals surface area contributed by atoms with Gasteiger partial charge in [-0.1, -0.05) is 25.0 Å². The van der Waals surface area contributed by atoms with Gasteiger partial charge in [0.2, 0.25) is 5.91 Å². The molecule has 6 nitrogen and oxygen atoms in total. The van der Waals surface area contributed by atoms with Crippen LogP contribution in [0.3, 0.4) is 0 Å². The van der Waals surface area contributed by atoms with Gasteiger partial charge < -0.3 is 14.7 Å². The van der Waals surface area contributed by atoms with Crippen molar-refractivity contribution in [1.29, 1.82) is 0 Å². The Morgan fingerprint density at radius 1 is 1.21 bits per heavy atom. The van der Waals surface area contributed by atoms with Crippen LogP contribution in [-0.2, 0) is 19.1 Å². The fourth-order valence-electron chi connectivity index (χ4n) is 4.31. The number of ketones is 1. The van der Waals surface area contributed by atoms with Crippen LogP contribution in [0.4, 0.5) is 0 Å². The average molecular weight is 406 g/mol. The summed E-state index contributed by atoms with van der Waals surface area (Å²) in [6.45, 7) is 9.64. The third-order valence-electron chi connectivity index (χ3n) is 6.11. The number of nitrogens with zero attached hydrogens (tertiary/aromatic N) is 1. The summed E-state index contributed by atoms with van der Waals surface area (Å²) in [7, 11) is 0. The van der Waals surface area contributed by atoms with Crippen LogP contribution in [0.2, 0.25) is 0 Å². The third kappa shape index (κ3) is 5.78. The zero-order valence-electron chi connectivity index (χ0n) is 17.6. The van der Waals surface area contributed by atoms with Crippen LogP contribution >= 0.6 is 0 Å². The number of amides is 1. The summed E-state index contributed by atoms with van der Waals surface area (Å²) in [6, 6.07) is -0.657. The number of aliphatic hydroxyl groups excluding tert-OH is 1. The molecule has 0 aromatic carbocycles. The highest BCUT2D eigenvalue weighted by atomic mass is 16.5. The van der Waals surface area contributed by atoms with Gasteiger partial charge in [0.25, 0.3) is 0 Å². The Bertz CT molecular complexity index is 631. The molecule has 1 saturated carbocycles. The minimum atomic E-state index is -0.845. The molecule has 1 N–H and O–H groups in total. The van der Waals surface area contributed by atoms with E-state index in [1.807, 2.05) is 6.08 Å². The molecule has 1 aliphatic heterocycles. The molecule has 4 atom stereocenters. The first-order valence-electron chi connectivity index (χ1n) is 10.8. The summed E-state index contributed by atoms with van der Waals surface area (Å²) in [5.41, 5.74) is -0.845. The number of carbonyl (C=O) groups excluding carboxylic acids is 3. The smallest absolute Gasteiger partial charge is 0.313 e. The Balaban J connectivity index is 1.93. The van der Waals surface area contributed by atoms with E-state index in [-0.39, 0.29) is 49.6 Å². The molecule has 0 spiro atoms. The zero-order valence-corrected chi connectivity index (χ0v) is 17.6. The van der Waals surface area contributed by atoms with Gasteiger partial charge in [0.05, 0.1) is 24.2 Å². The maximum absolute atomic E-state index is 13.0. The summed E-state index contributed by atoms with van der Waals surface area (Å²) >= 11 is 0. The topological polar surface area (TPSA) is 83.9 Å². The molecule has 2 aliphatic rings. The SMILES string of the molecule is C=CCCCCCCC(=O)N1C[C@@H](O)C[C@H]1C(=O)C[C@]1(C(=O)OCC)C[C@H]1C=C. The molecule has 162 valence electrons. The van der Waals surface area contributed by atoms with Gasteiger partial charge in [0.15, 0.2) is 5.78 Å². The van der Waals surface area contributed by atoms with Gasteiger partial charge >= 0.3 is 5.97 Å². The molecule has 2 rings (SSSR count). The highest BCUT2D eigenvalue weighted by Gasteiger charge is 2.61. The molecule has 0 radical (unpaired) electrons. The fraction of sp³-hybridized carbons (Fsp3) is 0.696. The van der Waals surface area contributed by atoms with Crippen LogP contribution in [-0.4, -0.2) is 53.0 Å². The number of esters is 1. The van der Waals surface area contributed by atoms with E-state index < -0.39 is 17.6 Å². The molecular weight excluding hydrogens is 370 g/mol. The molecule has 6 heteroatoms. The van der Waals surface area contributed by atoms with Crippen molar-refractivity contribution in [2.75, 3.05) is 13.2 Å². The highest BCUT2D eigenvalue weighted by molar-refractivity contribution is 5.95. The predicted molar refractivity (Wildman–Crippen MR) is 111 cm³/mol. The molecule has 0 bridgehead atoms. The summed E-state index contributed by atoms with van der Waals surface area (Å²) in [5, 5.41) is 10.1. The van der Waals surface area contributed by atoms with Crippen molar-refractivity contribution in [3.05, 3.63) is 25.3 Å². The van der Waals surface area contributed by atoms with Crippen molar-refractivity contribution in [3.8, 4) is 0 Å². The van der Waals surface area contributed by atoms with E-state index in [9.17, 15) is 19.5 Å². The Labute approximate surface area is 174 Å². The Kier molecular flexibility index (Phi) is 8.62. The van der Waals surface area contributed by atoms with Gasteiger partial charge in [0, 0.05) is 25.8 Å². The second-order valence-electron chi connectivity index (χ2n) is 8.26. The number of aliphatic hydroxyl groups is 1. The number of allylic oxidation sites excluding steroid dienone is 2. The van der Waals surface area contributed by atoms with Crippen LogP contribution in [0, 0.1) is 11.3 Å². The predicted octanol–water partition coefficient (Wildman–Crippen LogP) is 3.19. The third-order valence-corrected chi connectivity index (χ3v) is 6.11. The van der Waals surface area contributed by atoms with Crippen LogP contribution in [0.15, 0.2) is 25.3 Å². The minimum Gasteiger partial charge on any atom is -0.466 e. The van der Waals surface area contributed by atoms with Crippen molar-refractivity contribution >= 4 is 17.7 Å². The molecule has 29 heavy (non-hydrogen) atoms. The lowest BCUT2D eigenvalue weighted by atomic mass is 9.92. The fourth-order valence-corrected chi connectivity index (χ4v) is 4.31. The number of likely N-dealkylation sites (tertiary alicyclic amines) is 1. The number of unbranched alkanes of at least 4 members (excludes halogenated alkanes) is 4. The molecular formula is C23H35NO5. The Hall–Kier alpha value is -1.95. The van der Waals surface area contributed by atoms with E-state index in [2.05, 4.69) is 13.2 Å². The maximum atomic E-state index is 13.0. The number of hydrogen-bond donors (Lipinski definition) is 1. The number of rotatable bonds is 13. The standard InChI is InChI=1S/C23H35NO5/c1-4-7-8-9-10-11-12-21(27)24-16-18(25)13-19(24)20(26)15-23(14-17(23)5-2)22(28)29-6-3/h4-5,17-19,25H,1-2,6-16H2,3H3/t17-,18+,19+,23-/m1/s1. The van der Waals surface area contributed by atoms with Crippen molar-refractivity contribution in [3.63, 3.8) is 0 Å². The molecule has 0 unspecified atom stereocenters. The molecule has 0 aromatic heterocycles. The van der Waals surface area contributed by atoms with E-state index >= 15 is 0 Å². The Morgan fingerprint density at radius 2 is 1.93 bits per heavy atom. The first-order valence-corrected chi connectivity index (χ1v) is 10.8. The summed E-state index contributed by atoms with van der Waals surface area (Å²) < 4.78 is 5.18. The quantitative estimate of drug-likeness (QED) is 0.289. The van der Waals surface area contributed by atoms with Crippen LogP contribution in [0.1, 0.15) is 64.7 Å². The van der Waals surface area contributed by atoms with Gasteiger partial charge in [-0.05, 0) is 38.5 Å². The van der Waals surface area contributed by atoms with Crippen molar-refractivity contribution in [2.45, 2.75) is 76.9 Å². The number of β-amino-alcohol motifs (C(OH)–C–C–N with tert-alkyl or cyclic N) is 1. The zero-order chi connectivity index (χ0) is 21.4. The number of ether oxygens (including phenoxy) is 1. The number of carbonyl (C=O) groups is 3. The lowest BCUT2D eigenvalue weighted by molar-refractivity contribution is -0.152. The molecule has 1 amide bonds. The summed E-state index contributed by atoms with van der Waals surface area (Å²) in [6.07, 6.45) is 8.93. The molecule has 1 heterocycles. The number of hydrogen-bond acceptors (Lipinski definition) is 5. The van der Waals surface area contributed by atoms with E-state index in [4.69, 9.17) is 4.74 Å². The van der Waals surface area contributed by atoms with Crippen LogP contribution < -0.4 is 0 Å². The normalized spacial score (nSPS) is 28.1. The number of Topliss-reactive ketones (excluding diaryl/α,β-unsaturated/α-hetero) is 1. The van der Waals surface area contributed by atoms with Crippen molar-refractivity contribution < 1.29 is 24.2 Å². The minimum absolute atomic E-state index is 0.0330.